The van der Waals surface area contributed by atoms with Gasteiger partial charge < -0.3 is 19.1 Å². The van der Waals surface area contributed by atoms with Gasteiger partial charge in [0, 0.05) is 6.07 Å². The summed E-state index contributed by atoms with van der Waals surface area (Å²) in [4.78, 5) is 23.3. The summed E-state index contributed by atoms with van der Waals surface area (Å²) in [5, 5.41) is 10.0. The van der Waals surface area contributed by atoms with Gasteiger partial charge in [0.2, 0.25) is 5.91 Å². The Bertz CT molecular complexity index is 675. The van der Waals surface area contributed by atoms with Crippen molar-refractivity contribution in [1.82, 2.24) is 10.3 Å². The van der Waals surface area contributed by atoms with Crippen LogP contribution in [0, 0.1) is 20.8 Å². The van der Waals surface area contributed by atoms with Gasteiger partial charge in [0.15, 0.2) is 5.82 Å². The van der Waals surface area contributed by atoms with Gasteiger partial charge in [-0.05, 0) is 20.8 Å². The maximum absolute atomic E-state index is 11.7. The molecule has 0 aliphatic rings. The number of aromatic nitrogens is 2. The van der Waals surface area contributed by atoms with E-state index in [2.05, 4.69) is 15.6 Å². The minimum atomic E-state index is -0.403. The monoisotopic (exact) mass is 339 g/mol. The third kappa shape index (κ3) is 5.13. The summed E-state index contributed by atoms with van der Waals surface area (Å²) < 4.78 is 15.0. The zero-order valence-electron chi connectivity index (χ0n) is 13.0. The highest BCUT2D eigenvalue weighted by atomic mass is 32.2. The first kappa shape index (κ1) is 17.1. The normalized spacial score (nSPS) is 10.6. The number of rotatable bonds is 7. The molecule has 0 spiro atoms. The van der Waals surface area contributed by atoms with E-state index in [1.807, 2.05) is 0 Å². The van der Waals surface area contributed by atoms with Crippen LogP contribution in [0.1, 0.15) is 22.8 Å². The Labute approximate surface area is 136 Å². The molecule has 0 saturated heterocycles. The summed E-state index contributed by atoms with van der Waals surface area (Å²) in [6, 6.07) is 1.61. The summed E-state index contributed by atoms with van der Waals surface area (Å²) in [7, 11) is 0. The van der Waals surface area contributed by atoms with E-state index < -0.39 is 5.97 Å². The highest BCUT2D eigenvalue weighted by Crippen LogP contribution is 2.14. The first-order valence-corrected chi connectivity index (χ1v) is 7.99. The number of carbonyl (C=O) groups excluding carboxylic acids is 2. The minimum Gasteiger partial charge on any atom is -0.460 e. The lowest BCUT2D eigenvalue weighted by atomic mass is 10.2. The molecule has 0 unspecified atom stereocenters. The number of ether oxygens (including phenoxy) is 1. The Morgan fingerprint density at radius 1 is 1.22 bits per heavy atom. The molecule has 2 aromatic heterocycles. The molecule has 0 saturated carbocycles. The number of hydrogen-bond acceptors (Lipinski definition) is 8. The molecule has 0 aliphatic carbocycles. The number of nitrogens with one attached hydrogen (secondary N) is 1. The lowest BCUT2D eigenvalue weighted by Gasteiger charge is -2.04. The van der Waals surface area contributed by atoms with Crippen molar-refractivity contribution in [3.8, 4) is 0 Å². The van der Waals surface area contributed by atoms with E-state index in [-0.39, 0.29) is 24.0 Å². The Balaban J connectivity index is 1.65. The summed E-state index contributed by atoms with van der Waals surface area (Å²) in [5.41, 5.74) is 1.47. The predicted molar refractivity (Wildman–Crippen MR) is 83.0 cm³/mol. The molecule has 0 aliphatic heterocycles. The van der Waals surface area contributed by atoms with Crippen molar-refractivity contribution < 1.29 is 23.4 Å². The van der Waals surface area contributed by atoms with Crippen molar-refractivity contribution in [3.05, 3.63) is 28.8 Å². The molecule has 9 heteroatoms. The van der Waals surface area contributed by atoms with E-state index in [1.165, 1.54) is 0 Å². The van der Waals surface area contributed by atoms with Crippen LogP contribution in [0.25, 0.3) is 0 Å². The summed E-state index contributed by atoms with van der Waals surface area (Å²) in [6.07, 6.45) is 0. The van der Waals surface area contributed by atoms with Gasteiger partial charge in [-0.1, -0.05) is 10.3 Å². The number of aryl methyl sites for hydroxylation is 3. The fourth-order valence-corrected chi connectivity index (χ4v) is 2.34. The smallest absolute Gasteiger partial charge is 0.316 e. The summed E-state index contributed by atoms with van der Waals surface area (Å²) in [5.74, 6) is 1.12. The maximum Gasteiger partial charge on any atom is 0.316 e. The standard InChI is InChI=1S/C14H17N3O5S/c1-8-4-12(17-21-8)15-13(18)6-23-7-14(19)20-5-11-9(2)16-22-10(11)3/h4H,5-7H2,1-3H3,(H,15,17,18). The Kier molecular flexibility index (Phi) is 5.80. The molecule has 0 aromatic carbocycles. The highest BCUT2D eigenvalue weighted by molar-refractivity contribution is 8.00. The van der Waals surface area contributed by atoms with Gasteiger partial charge in [0.25, 0.3) is 0 Å². The van der Waals surface area contributed by atoms with Crippen LogP contribution >= 0.6 is 11.8 Å². The second-order valence-corrected chi connectivity index (χ2v) is 5.81. The lowest BCUT2D eigenvalue weighted by Crippen LogP contribution is -2.16. The van der Waals surface area contributed by atoms with Crippen molar-refractivity contribution in [2.24, 2.45) is 0 Å². The number of nitrogens with zero attached hydrogens (tertiary/aromatic N) is 2. The van der Waals surface area contributed by atoms with Crippen LogP contribution in [0.5, 0.6) is 0 Å². The Hall–Kier alpha value is -2.29. The summed E-state index contributed by atoms with van der Waals surface area (Å²) >= 11 is 1.16. The average molecular weight is 339 g/mol. The zero-order valence-corrected chi connectivity index (χ0v) is 13.9. The van der Waals surface area contributed by atoms with Crippen molar-refractivity contribution >= 4 is 29.5 Å². The van der Waals surface area contributed by atoms with E-state index in [9.17, 15) is 9.59 Å². The van der Waals surface area contributed by atoms with Crippen molar-refractivity contribution in [2.75, 3.05) is 16.8 Å². The van der Waals surface area contributed by atoms with Gasteiger partial charge >= 0.3 is 5.97 Å². The van der Waals surface area contributed by atoms with Gasteiger partial charge in [-0.3, -0.25) is 9.59 Å². The van der Waals surface area contributed by atoms with Gasteiger partial charge in [0.05, 0.1) is 22.8 Å². The van der Waals surface area contributed by atoms with Crippen LogP contribution < -0.4 is 5.32 Å². The SMILES string of the molecule is Cc1cc(NC(=O)CSCC(=O)OCc2c(C)noc2C)no1. The van der Waals surface area contributed by atoms with E-state index in [0.717, 1.165) is 17.3 Å². The highest BCUT2D eigenvalue weighted by Gasteiger charge is 2.13. The molecular weight excluding hydrogens is 322 g/mol. The fraction of sp³-hybridized carbons (Fsp3) is 0.429. The molecule has 23 heavy (non-hydrogen) atoms. The van der Waals surface area contributed by atoms with Crippen LogP contribution in [0.3, 0.4) is 0 Å². The minimum absolute atomic E-state index is 0.0780. The van der Waals surface area contributed by atoms with Gasteiger partial charge in [-0.15, -0.1) is 11.8 Å². The number of anilines is 1. The zero-order chi connectivity index (χ0) is 16.8. The van der Waals surface area contributed by atoms with E-state index in [4.69, 9.17) is 13.8 Å². The molecule has 0 atom stereocenters. The number of amides is 1. The third-order valence-electron chi connectivity index (χ3n) is 2.91. The first-order valence-electron chi connectivity index (χ1n) is 6.84. The topological polar surface area (TPSA) is 107 Å². The van der Waals surface area contributed by atoms with Crippen molar-refractivity contribution in [1.29, 1.82) is 0 Å². The average Bonchev–Trinajstić information content (AvgIpc) is 3.03. The molecule has 0 fully saturated rings. The fourth-order valence-electron chi connectivity index (χ4n) is 1.73. The van der Waals surface area contributed by atoms with Gasteiger partial charge in [-0.2, -0.15) is 0 Å². The van der Waals surface area contributed by atoms with Crippen molar-refractivity contribution in [2.45, 2.75) is 27.4 Å². The predicted octanol–water partition coefficient (Wildman–Crippen LogP) is 2.00. The molecule has 2 heterocycles. The van der Waals surface area contributed by atoms with Crippen LogP contribution in [-0.2, 0) is 20.9 Å². The molecule has 1 N–H and O–H groups in total. The molecule has 124 valence electrons. The molecule has 2 rings (SSSR count). The van der Waals surface area contributed by atoms with E-state index in [1.54, 1.807) is 26.8 Å². The molecule has 8 nitrogen and oxygen atoms in total. The van der Waals surface area contributed by atoms with Gasteiger partial charge in [-0.25, -0.2) is 0 Å². The van der Waals surface area contributed by atoms with E-state index in [0.29, 0.717) is 23.0 Å². The number of esters is 1. The number of hydrogen-bond donors (Lipinski definition) is 1. The molecule has 0 radical (unpaired) electrons. The van der Waals surface area contributed by atoms with Crippen molar-refractivity contribution in [3.63, 3.8) is 0 Å². The Morgan fingerprint density at radius 3 is 2.61 bits per heavy atom. The molecular formula is C14H17N3O5S. The quantitative estimate of drug-likeness (QED) is 0.763. The van der Waals surface area contributed by atoms with Gasteiger partial charge in [0.1, 0.15) is 18.1 Å². The van der Waals surface area contributed by atoms with Crippen LogP contribution in [0.2, 0.25) is 0 Å². The third-order valence-corrected chi connectivity index (χ3v) is 3.81. The number of carbonyl (C=O) groups is 2. The largest absolute Gasteiger partial charge is 0.460 e. The number of thioether (sulfide) groups is 1. The summed E-state index contributed by atoms with van der Waals surface area (Å²) in [6.45, 7) is 5.38. The van der Waals surface area contributed by atoms with Crippen LogP contribution in [-0.4, -0.2) is 33.7 Å². The second-order valence-electron chi connectivity index (χ2n) is 4.83. The van der Waals surface area contributed by atoms with Crippen LogP contribution in [0.4, 0.5) is 5.82 Å². The van der Waals surface area contributed by atoms with E-state index >= 15 is 0 Å². The molecule has 2 aromatic rings. The Morgan fingerprint density at radius 2 is 2.00 bits per heavy atom. The second kappa shape index (κ2) is 7.82. The maximum atomic E-state index is 11.7. The first-order chi connectivity index (χ1) is 11.0. The lowest BCUT2D eigenvalue weighted by molar-refractivity contribution is -0.141. The molecule has 0 bridgehead atoms. The van der Waals surface area contributed by atoms with Crippen LogP contribution in [0.15, 0.2) is 15.1 Å². The molecule has 1 amide bonds.